The highest BCUT2D eigenvalue weighted by Crippen LogP contribution is 2.29. The Morgan fingerprint density at radius 3 is 2.43 bits per heavy atom. The molecule has 0 saturated heterocycles. The number of nitrogens with zero attached hydrogens (tertiary/aromatic N) is 2. The Bertz CT molecular complexity index is 1130. The zero-order valence-corrected chi connectivity index (χ0v) is 17.6. The second-order valence-corrected chi connectivity index (χ2v) is 7.39. The number of carbonyl (C=O) groups is 1. The van der Waals surface area contributed by atoms with Gasteiger partial charge in [-0.05, 0) is 68.0 Å². The van der Waals surface area contributed by atoms with E-state index in [4.69, 9.17) is 21.3 Å². The van der Waals surface area contributed by atoms with Crippen molar-refractivity contribution in [1.82, 2.24) is 0 Å². The van der Waals surface area contributed by atoms with Crippen molar-refractivity contribution >= 4 is 35.1 Å². The third kappa shape index (κ3) is 4.14. The first-order valence-electron chi connectivity index (χ1n) is 9.75. The minimum absolute atomic E-state index is 0.175. The monoisotopic (exact) mass is 416 g/mol. The molecule has 5 heteroatoms. The number of carbonyl (C=O) groups excluding carboxylic acids is 1. The summed E-state index contributed by atoms with van der Waals surface area (Å²) in [6.45, 7) is 4.55. The van der Waals surface area contributed by atoms with Crippen LogP contribution in [0.5, 0.6) is 5.75 Å². The minimum atomic E-state index is -0.175. The van der Waals surface area contributed by atoms with E-state index in [2.05, 4.69) is 0 Å². The molecule has 0 N–H and O–H groups in total. The first kappa shape index (κ1) is 19.9. The van der Waals surface area contributed by atoms with Gasteiger partial charge in [0, 0.05) is 10.6 Å². The highest BCUT2D eigenvalue weighted by molar-refractivity contribution is 6.33. The van der Waals surface area contributed by atoms with Gasteiger partial charge >= 0.3 is 0 Å². The molecule has 0 unspecified atom stereocenters. The zero-order valence-electron chi connectivity index (χ0n) is 16.8. The molecule has 4 nitrogen and oxygen atoms in total. The number of aryl methyl sites for hydroxylation is 1. The number of rotatable bonds is 5. The van der Waals surface area contributed by atoms with E-state index in [9.17, 15) is 4.79 Å². The van der Waals surface area contributed by atoms with Gasteiger partial charge < -0.3 is 4.74 Å². The van der Waals surface area contributed by atoms with Crippen molar-refractivity contribution in [2.24, 2.45) is 4.99 Å². The molecule has 3 aromatic carbocycles. The summed E-state index contributed by atoms with van der Waals surface area (Å²) >= 11 is 5.98. The number of amides is 1. The van der Waals surface area contributed by atoms with E-state index in [0.29, 0.717) is 23.2 Å². The summed E-state index contributed by atoms with van der Waals surface area (Å²) in [7, 11) is 0. The summed E-state index contributed by atoms with van der Waals surface area (Å²) in [5.74, 6) is 1.19. The van der Waals surface area contributed by atoms with Crippen molar-refractivity contribution in [3.8, 4) is 5.75 Å². The molecule has 0 bridgehead atoms. The smallest absolute Gasteiger partial charge is 0.282 e. The minimum Gasteiger partial charge on any atom is -0.494 e. The van der Waals surface area contributed by atoms with Gasteiger partial charge in [-0.1, -0.05) is 47.5 Å². The summed E-state index contributed by atoms with van der Waals surface area (Å²) < 4.78 is 5.53. The number of amidine groups is 1. The molecular weight excluding hydrogens is 396 g/mol. The lowest BCUT2D eigenvalue weighted by Crippen LogP contribution is -2.32. The molecule has 4 rings (SSSR count). The zero-order chi connectivity index (χ0) is 21.1. The SMILES string of the molecule is CCOc1ccc(N2C(=O)/C(=C\c3ccc(Cl)cc3)N=C2c2cccc(C)c2)cc1. The Balaban J connectivity index is 1.78. The maximum Gasteiger partial charge on any atom is 0.282 e. The second kappa shape index (κ2) is 8.56. The summed E-state index contributed by atoms with van der Waals surface area (Å²) in [6.07, 6.45) is 1.78. The predicted molar refractivity (Wildman–Crippen MR) is 122 cm³/mol. The number of halogens is 1. The molecule has 0 spiro atoms. The molecular formula is C25H21ClN2O2. The lowest BCUT2D eigenvalue weighted by Gasteiger charge is -2.19. The van der Waals surface area contributed by atoms with Crippen LogP contribution in [0.25, 0.3) is 6.08 Å². The number of ether oxygens (including phenoxy) is 1. The van der Waals surface area contributed by atoms with Crippen LogP contribution in [-0.4, -0.2) is 18.3 Å². The number of hydrogen-bond acceptors (Lipinski definition) is 3. The van der Waals surface area contributed by atoms with Crippen LogP contribution >= 0.6 is 11.6 Å². The van der Waals surface area contributed by atoms with Crippen LogP contribution in [0.15, 0.2) is 83.5 Å². The van der Waals surface area contributed by atoms with Gasteiger partial charge in [0.2, 0.25) is 0 Å². The standard InChI is InChI=1S/C25H21ClN2O2/c1-3-30-22-13-11-21(12-14-22)28-24(19-6-4-5-17(2)15-19)27-23(25(28)29)16-18-7-9-20(26)10-8-18/h4-16H,3H2,1-2H3/b23-16+. The van der Waals surface area contributed by atoms with Crippen molar-refractivity contribution in [1.29, 1.82) is 0 Å². The van der Waals surface area contributed by atoms with Crippen LogP contribution in [0.3, 0.4) is 0 Å². The van der Waals surface area contributed by atoms with Crippen LogP contribution in [0, 0.1) is 6.92 Å². The van der Waals surface area contributed by atoms with Gasteiger partial charge in [0.1, 0.15) is 17.3 Å². The summed E-state index contributed by atoms with van der Waals surface area (Å²) in [6, 6.07) is 22.8. The molecule has 1 aliphatic heterocycles. The fourth-order valence-electron chi connectivity index (χ4n) is 3.31. The van der Waals surface area contributed by atoms with Crippen molar-refractivity contribution in [2.75, 3.05) is 11.5 Å². The van der Waals surface area contributed by atoms with E-state index < -0.39 is 0 Å². The lowest BCUT2D eigenvalue weighted by molar-refractivity contribution is -0.113. The highest BCUT2D eigenvalue weighted by Gasteiger charge is 2.32. The maximum absolute atomic E-state index is 13.3. The van der Waals surface area contributed by atoms with Crippen LogP contribution in [0.2, 0.25) is 5.02 Å². The Labute approximate surface area is 181 Å². The Hall–Kier alpha value is -3.37. The van der Waals surface area contributed by atoms with Crippen molar-refractivity contribution in [3.63, 3.8) is 0 Å². The topological polar surface area (TPSA) is 41.9 Å². The molecule has 1 heterocycles. The number of benzene rings is 3. The molecule has 0 radical (unpaired) electrons. The Morgan fingerprint density at radius 2 is 1.77 bits per heavy atom. The second-order valence-electron chi connectivity index (χ2n) is 6.95. The van der Waals surface area contributed by atoms with Gasteiger partial charge in [-0.2, -0.15) is 0 Å². The normalized spacial score (nSPS) is 14.9. The number of aliphatic imine (C=N–C) groups is 1. The summed E-state index contributed by atoms with van der Waals surface area (Å²) in [4.78, 5) is 19.7. The molecule has 150 valence electrons. The van der Waals surface area contributed by atoms with Gasteiger partial charge in [-0.15, -0.1) is 0 Å². The molecule has 1 amide bonds. The molecule has 3 aromatic rings. The molecule has 0 aromatic heterocycles. The van der Waals surface area contributed by atoms with E-state index in [1.165, 1.54) is 0 Å². The van der Waals surface area contributed by atoms with Gasteiger partial charge in [0.15, 0.2) is 0 Å². The summed E-state index contributed by atoms with van der Waals surface area (Å²) in [5.41, 5.74) is 3.97. The van der Waals surface area contributed by atoms with Gasteiger partial charge in [0.25, 0.3) is 5.91 Å². The van der Waals surface area contributed by atoms with Crippen LogP contribution in [0.1, 0.15) is 23.6 Å². The van der Waals surface area contributed by atoms with Crippen LogP contribution in [-0.2, 0) is 4.79 Å². The average molecular weight is 417 g/mol. The third-order valence-electron chi connectivity index (χ3n) is 4.72. The number of hydrogen-bond donors (Lipinski definition) is 0. The van der Waals surface area contributed by atoms with E-state index >= 15 is 0 Å². The van der Waals surface area contributed by atoms with E-state index in [0.717, 1.165) is 28.1 Å². The third-order valence-corrected chi connectivity index (χ3v) is 4.97. The Kier molecular flexibility index (Phi) is 5.68. The van der Waals surface area contributed by atoms with Gasteiger partial charge in [-0.3, -0.25) is 9.69 Å². The summed E-state index contributed by atoms with van der Waals surface area (Å²) in [5, 5.41) is 0.648. The molecule has 0 atom stereocenters. The van der Waals surface area contributed by atoms with Gasteiger partial charge in [0.05, 0.1) is 12.3 Å². The molecule has 0 fully saturated rings. The van der Waals surface area contributed by atoms with E-state index in [1.807, 2.05) is 74.5 Å². The molecule has 30 heavy (non-hydrogen) atoms. The first-order valence-corrected chi connectivity index (χ1v) is 10.1. The Morgan fingerprint density at radius 1 is 1.03 bits per heavy atom. The van der Waals surface area contributed by atoms with Crippen molar-refractivity contribution in [3.05, 3.63) is 100 Å². The first-order chi connectivity index (χ1) is 14.5. The predicted octanol–water partition coefficient (Wildman–Crippen LogP) is 5.88. The van der Waals surface area contributed by atoms with E-state index in [-0.39, 0.29) is 5.91 Å². The quantitative estimate of drug-likeness (QED) is 0.487. The largest absolute Gasteiger partial charge is 0.494 e. The number of anilines is 1. The lowest BCUT2D eigenvalue weighted by atomic mass is 10.1. The van der Waals surface area contributed by atoms with E-state index in [1.54, 1.807) is 23.1 Å². The van der Waals surface area contributed by atoms with Crippen LogP contribution < -0.4 is 9.64 Å². The van der Waals surface area contributed by atoms with Crippen molar-refractivity contribution < 1.29 is 9.53 Å². The van der Waals surface area contributed by atoms with Crippen molar-refractivity contribution in [2.45, 2.75) is 13.8 Å². The molecule has 1 aliphatic rings. The molecule has 0 saturated carbocycles. The van der Waals surface area contributed by atoms with Gasteiger partial charge in [-0.25, -0.2) is 4.99 Å². The average Bonchev–Trinajstić information content (AvgIpc) is 3.07. The highest BCUT2D eigenvalue weighted by atomic mass is 35.5. The fraction of sp³-hybridized carbons (Fsp3) is 0.120. The van der Waals surface area contributed by atoms with Crippen LogP contribution in [0.4, 0.5) is 5.69 Å². The maximum atomic E-state index is 13.3. The molecule has 0 aliphatic carbocycles. The fourth-order valence-corrected chi connectivity index (χ4v) is 3.43.